The number of benzene rings is 3. The van der Waals surface area contributed by atoms with Crippen molar-refractivity contribution in [2.24, 2.45) is 0 Å². The van der Waals surface area contributed by atoms with Gasteiger partial charge in [0.25, 0.3) is 0 Å². The first-order valence-electron chi connectivity index (χ1n) is 8.64. The van der Waals surface area contributed by atoms with Crippen molar-refractivity contribution >= 4 is 39.0 Å². The standard InChI is InChI=1S/C22H18N2O4/c1-27-20-11-17-18(8-9-23-19(17)12-21(20)28-2)24-14-6-7-15-13(10-14)4-3-5-16(15)22(25)26/h3-12H,1-2H3,(H,23,24)(H,25,26). The molecule has 0 bridgehead atoms. The van der Waals surface area contributed by atoms with Crippen molar-refractivity contribution in [3.8, 4) is 11.5 Å². The van der Waals surface area contributed by atoms with E-state index in [4.69, 9.17) is 9.47 Å². The maximum atomic E-state index is 11.4. The molecule has 3 aromatic carbocycles. The molecule has 0 unspecified atom stereocenters. The van der Waals surface area contributed by atoms with Crippen LogP contribution in [0.15, 0.2) is 60.8 Å². The van der Waals surface area contributed by atoms with Crippen molar-refractivity contribution in [1.82, 2.24) is 4.98 Å². The van der Waals surface area contributed by atoms with Gasteiger partial charge >= 0.3 is 5.97 Å². The summed E-state index contributed by atoms with van der Waals surface area (Å²) in [6.07, 6.45) is 1.72. The fourth-order valence-corrected chi connectivity index (χ4v) is 3.29. The van der Waals surface area contributed by atoms with Crippen LogP contribution in [0.25, 0.3) is 21.7 Å². The predicted octanol–water partition coefficient (Wildman–Crippen LogP) is 4.85. The summed E-state index contributed by atoms with van der Waals surface area (Å²) in [4.78, 5) is 15.8. The highest BCUT2D eigenvalue weighted by Gasteiger charge is 2.11. The Hall–Kier alpha value is -3.80. The number of anilines is 2. The quantitative estimate of drug-likeness (QED) is 0.520. The number of carboxylic acid groups (broad SMARTS) is 1. The summed E-state index contributed by atoms with van der Waals surface area (Å²) in [6, 6.07) is 16.4. The number of aromatic carboxylic acids is 1. The van der Waals surface area contributed by atoms with Crippen LogP contribution in [0.4, 0.5) is 11.4 Å². The summed E-state index contributed by atoms with van der Waals surface area (Å²) in [6.45, 7) is 0. The molecule has 4 aromatic rings. The van der Waals surface area contributed by atoms with Gasteiger partial charge in [0.1, 0.15) is 0 Å². The summed E-state index contributed by atoms with van der Waals surface area (Å²) in [5.74, 6) is 0.301. The first kappa shape index (κ1) is 17.6. The third-order valence-electron chi connectivity index (χ3n) is 4.64. The number of hydrogen-bond donors (Lipinski definition) is 2. The zero-order valence-electron chi connectivity index (χ0n) is 15.4. The lowest BCUT2D eigenvalue weighted by molar-refractivity contribution is 0.0699. The number of ether oxygens (including phenoxy) is 2. The molecule has 0 saturated heterocycles. The SMILES string of the molecule is COc1cc2nccc(Nc3ccc4c(C(=O)O)cccc4c3)c2cc1OC. The molecule has 2 N–H and O–H groups in total. The van der Waals surface area contributed by atoms with E-state index >= 15 is 0 Å². The lowest BCUT2D eigenvalue weighted by Gasteiger charge is -2.13. The Balaban J connectivity index is 1.78. The summed E-state index contributed by atoms with van der Waals surface area (Å²) in [5.41, 5.74) is 2.77. The fourth-order valence-electron chi connectivity index (χ4n) is 3.29. The number of methoxy groups -OCH3 is 2. The van der Waals surface area contributed by atoms with E-state index in [0.29, 0.717) is 16.9 Å². The Morgan fingerprint density at radius 3 is 2.50 bits per heavy atom. The number of nitrogens with one attached hydrogen (secondary N) is 1. The monoisotopic (exact) mass is 374 g/mol. The van der Waals surface area contributed by atoms with E-state index in [-0.39, 0.29) is 5.56 Å². The van der Waals surface area contributed by atoms with Crippen LogP contribution in [-0.2, 0) is 0 Å². The van der Waals surface area contributed by atoms with Gasteiger partial charge in [0.05, 0.1) is 25.3 Å². The van der Waals surface area contributed by atoms with Crippen LogP contribution in [0.1, 0.15) is 10.4 Å². The van der Waals surface area contributed by atoms with Gasteiger partial charge in [-0.05, 0) is 41.1 Å². The number of pyridine rings is 1. The first-order chi connectivity index (χ1) is 13.6. The normalized spacial score (nSPS) is 10.8. The van der Waals surface area contributed by atoms with Crippen LogP contribution < -0.4 is 14.8 Å². The van der Waals surface area contributed by atoms with Gasteiger partial charge in [0.15, 0.2) is 11.5 Å². The van der Waals surface area contributed by atoms with Crippen LogP contribution in [0.2, 0.25) is 0 Å². The van der Waals surface area contributed by atoms with E-state index in [2.05, 4.69) is 10.3 Å². The number of nitrogens with zero attached hydrogens (tertiary/aromatic N) is 1. The molecule has 1 aromatic heterocycles. The van der Waals surface area contributed by atoms with E-state index in [1.807, 2.05) is 42.5 Å². The van der Waals surface area contributed by atoms with Gasteiger partial charge in [-0.3, -0.25) is 4.98 Å². The maximum absolute atomic E-state index is 11.4. The fraction of sp³-hybridized carbons (Fsp3) is 0.0909. The van der Waals surface area contributed by atoms with Gasteiger partial charge in [-0.15, -0.1) is 0 Å². The third kappa shape index (κ3) is 3.05. The minimum atomic E-state index is -0.938. The van der Waals surface area contributed by atoms with E-state index in [1.54, 1.807) is 32.5 Å². The minimum Gasteiger partial charge on any atom is -0.493 e. The Bertz CT molecular complexity index is 1200. The van der Waals surface area contributed by atoms with Crippen molar-refractivity contribution in [2.45, 2.75) is 0 Å². The summed E-state index contributed by atoms with van der Waals surface area (Å²) in [5, 5.41) is 15.2. The molecule has 0 radical (unpaired) electrons. The third-order valence-corrected chi connectivity index (χ3v) is 4.64. The predicted molar refractivity (Wildman–Crippen MR) is 109 cm³/mol. The second-order valence-electron chi connectivity index (χ2n) is 6.25. The summed E-state index contributed by atoms with van der Waals surface area (Å²) < 4.78 is 10.8. The molecule has 0 amide bonds. The number of rotatable bonds is 5. The Morgan fingerprint density at radius 1 is 0.964 bits per heavy atom. The molecule has 0 aliphatic heterocycles. The van der Waals surface area contributed by atoms with Crippen molar-refractivity contribution in [3.63, 3.8) is 0 Å². The van der Waals surface area contributed by atoms with Gasteiger partial charge in [-0.25, -0.2) is 4.79 Å². The molecule has 0 saturated carbocycles. The van der Waals surface area contributed by atoms with Crippen LogP contribution in [0.5, 0.6) is 11.5 Å². The van der Waals surface area contributed by atoms with Gasteiger partial charge < -0.3 is 19.9 Å². The summed E-state index contributed by atoms with van der Waals surface area (Å²) in [7, 11) is 3.18. The molecule has 0 atom stereocenters. The largest absolute Gasteiger partial charge is 0.493 e. The second kappa shape index (κ2) is 7.08. The van der Waals surface area contributed by atoms with Crippen molar-refractivity contribution in [3.05, 3.63) is 66.4 Å². The molecule has 0 fully saturated rings. The second-order valence-corrected chi connectivity index (χ2v) is 6.25. The van der Waals surface area contributed by atoms with Crippen LogP contribution in [0, 0.1) is 0 Å². The molecule has 140 valence electrons. The van der Waals surface area contributed by atoms with Crippen molar-refractivity contribution in [2.75, 3.05) is 19.5 Å². The highest BCUT2D eigenvalue weighted by atomic mass is 16.5. The van der Waals surface area contributed by atoms with Crippen LogP contribution in [0.3, 0.4) is 0 Å². The van der Waals surface area contributed by atoms with Crippen LogP contribution in [-0.4, -0.2) is 30.3 Å². The lowest BCUT2D eigenvalue weighted by atomic mass is 10.0. The van der Waals surface area contributed by atoms with Gasteiger partial charge in [0.2, 0.25) is 0 Å². The average molecular weight is 374 g/mol. The minimum absolute atomic E-state index is 0.287. The summed E-state index contributed by atoms with van der Waals surface area (Å²) >= 11 is 0. The zero-order chi connectivity index (χ0) is 19.7. The number of aromatic nitrogens is 1. The molecule has 0 spiro atoms. The Labute approximate surface area is 161 Å². The van der Waals surface area contributed by atoms with Gasteiger partial charge in [-0.2, -0.15) is 0 Å². The maximum Gasteiger partial charge on any atom is 0.336 e. The highest BCUT2D eigenvalue weighted by Crippen LogP contribution is 2.35. The number of carboxylic acids is 1. The van der Waals surface area contributed by atoms with E-state index in [9.17, 15) is 9.90 Å². The topological polar surface area (TPSA) is 80.7 Å². The van der Waals surface area contributed by atoms with Gasteiger partial charge in [-0.1, -0.05) is 18.2 Å². The molecule has 0 aliphatic carbocycles. The van der Waals surface area contributed by atoms with Crippen molar-refractivity contribution in [1.29, 1.82) is 0 Å². The Kier molecular flexibility index (Phi) is 4.45. The smallest absolute Gasteiger partial charge is 0.336 e. The number of fused-ring (bicyclic) bond motifs is 2. The van der Waals surface area contributed by atoms with E-state index < -0.39 is 5.97 Å². The van der Waals surface area contributed by atoms with Crippen LogP contribution >= 0.6 is 0 Å². The number of carbonyl (C=O) groups is 1. The molecule has 1 heterocycles. The van der Waals surface area contributed by atoms with Gasteiger partial charge in [0, 0.05) is 29.0 Å². The average Bonchev–Trinajstić information content (AvgIpc) is 2.72. The van der Waals surface area contributed by atoms with Crippen molar-refractivity contribution < 1.29 is 19.4 Å². The highest BCUT2D eigenvalue weighted by molar-refractivity contribution is 6.04. The first-order valence-corrected chi connectivity index (χ1v) is 8.64. The van der Waals surface area contributed by atoms with E-state index in [0.717, 1.165) is 27.7 Å². The molecule has 0 aliphatic rings. The molecular formula is C22H18N2O4. The molecule has 28 heavy (non-hydrogen) atoms. The molecule has 6 nitrogen and oxygen atoms in total. The molecular weight excluding hydrogens is 356 g/mol. The lowest BCUT2D eigenvalue weighted by Crippen LogP contribution is -1.98. The van der Waals surface area contributed by atoms with E-state index in [1.165, 1.54) is 0 Å². The molecule has 4 rings (SSSR count). The number of hydrogen-bond acceptors (Lipinski definition) is 5. The molecule has 6 heteroatoms. The zero-order valence-corrected chi connectivity index (χ0v) is 15.4. The Morgan fingerprint density at radius 2 is 1.75 bits per heavy atom.